The molecule has 0 radical (unpaired) electrons. The average molecular weight is 256 g/mol. The van der Waals surface area contributed by atoms with Crippen LogP contribution in [0.1, 0.15) is 0 Å². The summed E-state index contributed by atoms with van der Waals surface area (Å²) in [5, 5.41) is 5.84. The number of piperazine rings is 1. The van der Waals surface area contributed by atoms with Crippen molar-refractivity contribution in [3.8, 4) is 0 Å². The molecule has 0 aliphatic carbocycles. The molecule has 2 rings (SSSR count). The fourth-order valence-corrected chi connectivity index (χ4v) is 2.31. The van der Waals surface area contributed by atoms with Gasteiger partial charge in [0.25, 0.3) is 0 Å². The van der Waals surface area contributed by atoms with E-state index in [2.05, 4.69) is 10.6 Å². The van der Waals surface area contributed by atoms with E-state index in [1.54, 1.807) is 7.11 Å². The Kier molecular flexibility index (Phi) is 4.38. The molecule has 0 spiro atoms. The second kappa shape index (κ2) is 6.01. The number of methoxy groups -OCH3 is 1. The molecule has 0 aromatic rings. The van der Waals surface area contributed by atoms with Crippen molar-refractivity contribution in [1.82, 2.24) is 20.4 Å². The van der Waals surface area contributed by atoms with Crippen LogP contribution in [-0.4, -0.2) is 80.8 Å². The minimum Gasteiger partial charge on any atom is -0.383 e. The molecule has 2 aliphatic heterocycles. The van der Waals surface area contributed by atoms with Crippen molar-refractivity contribution in [2.75, 3.05) is 53.0 Å². The maximum Gasteiger partial charge on any atom is 0.317 e. The van der Waals surface area contributed by atoms with E-state index in [0.29, 0.717) is 45.9 Å². The van der Waals surface area contributed by atoms with Crippen molar-refractivity contribution < 1.29 is 14.3 Å². The van der Waals surface area contributed by atoms with Crippen LogP contribution in [0.25, 0.3) is 0 Å². The average Bonchev–Trinajstić information content (AvgIpc) is 2.76. The number of rotatable bonds is 5. The molecule has 2 heterocycles. The van der Waals surface area contributed by atoms with Crippen molar-refractivity contribution in [2.24, 2.45) is 0 Å². The van der Waals surface area contributed by atoms with Gasteiger partial charge in [0.05, 0.1) is 19.2 Å². The highest BCUT2D eigenvalue weighted by Gasteiger charge is 2.36. The van der Waals surface area contributed by atoms with Gasteiger partial charge in [-0.2, -0.15) is 0 Å². The third kappa shape index (κ3) is 2.91. The van der Waals surface area contributed by atoms with E-state index >= 15 is 0 Å². The summed E-state index contributed by atoms with van der Waals surface area (Å²) < 4.78 is 4.90. The Hall–Kier alpha value is -1.34. The highest BCUT2D eigenvalue weighted by molar-refractivity contribution is 5.80. The molecule has 3 amide bonds. The minimum absolute atomic E-state index is 0.00896. The number of nitrogens with one attached hydrogen (secondary N) is 2. The first-order valence-electron chi connectivity index (χ1n) is 6.24. The van der Waals surface area contributed by atoms with Crippen LogP contribution in [0.15, 0.2) is 0 Å². The molecule has 2 aliphatic rings. The highest BCUT2D eigenvalue weighted by Crippen LogP contribution is 2.13. The number of ether oxygens (including phenoxy) is 1. The van der Waals surface area contributed by atoms with Crippen molar-refractivity contribution in [3.63, 3.8) is 0 Å². The van der Waals surface area contributed by atoms with Crippen LogP contribution in [-0.2, 0) is 9.53 Å². The van der Waals surface area contributed by atoms with E-state index in [4.69, 9.17) is 4.74 Å². The summed E-state index contributed by atoms with van der Waals surface area (Å²) in [7, 11) is 1.63. The van der Waals surface area contributed by atoms with Crippen LogP contribution < -0.4 is 10.6 Å². The Morgan fingerprint density at radius 2 is 2.39 bits per heavy atom. The third-order valence-electron chi connectivity index (χ3n) is 3.34. The Bertz CT molecular complexity index is 323. The maximum absolute atomic E-state index is 11.9. The molecule has 0 bridgehead atoms. The normalized spacial score (nSPS) is 22.9. The maximum atomic E-state index is 11.9. The molecule has 18 heavy (non-hydrogen) atoms. The number of amides is 3. The summed E-state index contributed by atoms with van der Waals surface area (Å²) in [6.07, 6.45) is 0. The molecule has 0 saturated carbocycles. The Labute approximate surface area is 106 Å². The zero-order valence-corrected chi connectivity index (χ0v) is 10.6. The monoisotopic (exact) mass is 256 g/mol. The van der Waals surface area contributed by atoms with Crippen molar-refractivity contribution in [3.05, 3.63) is 0 Å². The first-order valence-corrected chi connectivity index (χ1v) is 6.24. The molecule has 0 aromatic heterocycles. The highest BCUT2D eigenvalue weighted by atomic mass is 16.5. The fraction of sp³-hybridized carbons (Fsp3) is 0.818. The minimum atomic E-state index is -0.00896. The van der Waals surface area contributed by atoms with Gasteiger partial charge in [0.2, 0.25) is 5.91 Å². The Morgan fingerprint density at radius 1 is 1.56 bits per heavy atom. The van der Waals surface area contributed by atoms with Gasteiger partial charge in [-0.3, -0.25) is 4.79 Å². The van der Waals surface area contributed by atoms with Crippen molar-refractivity contribution >= 4 is 11.9 Å². The topological polar surface area (TPSA) is 73.9 Å². The first-order chi connectivity index (χ1) is 8.72. The SMILES string of the molecule is COCCNCC(=O)N1CCN2C(=O)NCC2C1. The van der Waals surface area contributed by atoms with E-state index in [0.717, 1.165) is 0 Å². The largest absolute Gasteiger partial charge is 0.383 e. The lowest BCUT2D eigenvalue weighted by Crippen LogP contribution is -2.55. The summed E-state index contributed by atoms with van der Waals surface area (Å²) in [5.41, 5.74) is 0. The first kappa shape index (κ1) is 13.1. The fourth-order valence-electron chi connectivity index (χ4n) is 2.31. The van der Waals surface area contributed by atoms with Crippen LogP contribution in [0.2, 0.25) is 0 Å². The van der Waals surface area contributed by atoms with E-state index in [9.17, 15) is 9.59 Å². The molecule has 0 aromatic carbocycles. The Morgan fingerprint density at radius 3 is 3.17 bits per heavy atom. The zero-order chi connectivity index (χ0) is 13.0. The number of fused-ring (bicyclic) bond motifs is 1. The molecular weight excluding hydrogens is 236 g/mol. The predicted molar refractivity (Wildman–Crippen MR) is 65.2 cm³/mol. The molecule has 7 heteroatoms. The van der Waals surface area contributed by atoms with Gasteiger partial charge in [0.15, 0.2) is 0 Å². The molecule has 102 valence electrons. The van der Waals surface area contributed by atoms with Gasteiger partial charge < -0.3 is 25.2 Å². The number of hydrogen-bond acceptors (Lipinski definition) is 4. The number of carbonyl (C=O) groups excluding carboxylic acids is 2. The molecular formula is C11H20N4O3. The number of hydrogen-bond donors (Lipinski definition) is 2. The lowest BCUT2D eigenvalue weighted by molar-refractivity contribution is -0.132. The second-order valence-electron chi connectivity index (χ2n) is 4.54. The molecule has 2 saturated heterocycles. The third-order valence-corrected chi connectivity index (χ3v) is 3.34. The molecule has 1 unspecified atom stereocenters. The molecule has 1 atom stereocenters. The molecule has 7 nitrogen and oxygen atoms in total. The van der Waals surface area contributed by atoms with E-state index in [1.807, 2.05) is 9.80 Å². The summed E-state index contributed by atoms with van der Waals surface area (Å²) in [5.74, 6) is 0.0881. The lowest BCUT2D eigenvalue weighted by atomic mass is 10.2. The van der Waals surface area contributed by atoms with E-state index in [1.165, 1.54) is 0 Å². The van der Waals surface area contributed by atoms with Crippen LogP contribution in [0.5, 0.6) is 0 Å². The molecule has 2 N–H and O–H groups in total. The van der Waals surface area contributed by atoms with Crippen molar-refractivity contribution in [1.29, 1.82) is 0 Å². The van der Waals surface area contributed by atoms with Gasteiger partial charge in [0, 0.05) is 39.8 Å². The van der Waals surface area contributed by atoms with Crippen LogP contribution >= 0.6 is 0 Å². The van der Waals surface area contributed by atoms with Crippen LogP contribution in [0, 0.1) is 0 Å². The predicted octanol–water partition coefficient (Wildman–Crippen LogP) is -1.54. The van der Waals surface area contributed by atoms with Crippen LogP contribution in [0.3, 0.4) is 0 Å². The van der Waals surface area contributed by atoms with E-state index in [-0.39, 0.29) is 18.0 Å². The Balaban J connectivity index is 1.74. The zero-order valence-electron chi connectivity index (χ0n) is 10.6. The summed E-state index contributed by atoms with van der Waals surface area (Å²) >= 11 is 0. The number of carbonyl (C=O) groups is 2. The quantitative estimate of drug-likeness (QED) is 0.585. The van der Waals surface area contributed by atoms with Gasteiger partial charge in [-0.15, -0.1) is 0 Å². The van der Waals surface area contributed by atoms with Gasteiger partial charge in [-0.1, -0.05) is 0 Å². The van der Waals surface area contributed by atoms with Crippen molar-refractivity contribution in [2.45, 2.75) is 6.04 Å². The second-order valence-corrected chi connectivity index (χ2v) is 4.54. The summed E-state index contributed by atoms with van der Waals surface area (Å²) in [6, 6.07) is 0.125. The standard InChI is InChI=1S/C11H20N4O3/c1-18-5-2-12-7-10(16)14-3-4-15-9(8-14)6-13-11(15)17/h9,12H,2-8H2,1H3,(H,13,17). The van der Waals surface area contributed by atoms with Gasteiger partial charge >= 0.3 is 6.03 Å². The summed E-state index contributed by atoms with van der Waals surface area (Å²) in [6.45, 7) is 4.11. The van der Waals surface area contributed by atoms with E-state index < -0.39 is 0 Å². The number of urea groups is 1. The summed E-state index contributed by atoms with van der Waals surface area (Å²) in [4.78, 5) is 27.0. The number of nitrogens with zero attached hydrogens (tertiary/aromatic N) is 2. The van der Waals surface area contributed by atoms with Crippen LogP contribution in [0.4, 0.5) is 4.79 Å². The lowest BCUT2D eigenvalue weighted by Gasteiger charge is -2.36. The van der Waals surface area contributed by atoms with Gasteiger partial charge in [-0.25, -0.2) is 4.79 Å². The van der Waals surface area contributed by atoms with Gasteiger partial charge in [-0.05, 0) is 0 Å². The molecule has 2 fully saturated rings. The smallest absolute Gasteiger partial charge is 0.317 e. The van der Waals surface area contributed by atoms with Gasteiger partial charge in [0.1, 0.15) is 0 Å².